The molecule has 0 saturated heterocycles. The fourth-order valence-corrected chi connectivity index (χ4v) is 2.69. The normalized spacial score (nSPS) is 13.5. The summed E-state index contributed by atoms with van der Waals surface area (Å²) in [6, 6.07) is 6.63. The second-order valence-electron chi connectivity index (χ2n) is 4.22. The van der Waals surface area contributed by atoms with Crippen LogP contribution in [0, 0.1) is 6.92 Å². The van der Waals surface area contributed by atoms with Gasteiger partial charge in [0.25, 0.3) is 0 Å². The van der Waals surface area contributed by atoms with Crippen molar-refractivity contribution in [1.82, 2.24) is 4.72 Å². The van der Waals surface area contributed by atoms with Gasteiger partial charge in [0.05, 0.1) is 11.5 Å². The average Bonchev–Trinajstić information content (AvgIpc) is 2.29. The topological polar surface area (TPSA) is 81.4 Å². The van der Waals surface area contributed by atoms with Gasteiger partial charge in [-0.3, -0.25) is 0 Å². The van der Waals surface area contributed by atoms with Gasteiger partial charge < -0.3 is 10.5 Å². The predicted molar refractivity (Wildman–Crippen MR) is 70.8 cm³/mol. The minimum absolute atomic E-state index is 0.157. The van der Waals surface area contributed by atoms with Gasteiger partial charge in [0.2, 0.25) is 10.0 Å². The Morgan fingerprint density at radius 3 is 2.78 bits per heavy atom. The first-order valence-corrected chi connectivity index (χ1v) is 7.25. The third kappa shape index (κ3) is 4.73. The minimum atomic E-state index is -3.44. The largest absolute Gasteiger partial charge is 0.383 e. The van der Waals surface area contributed by atoms with Crippen LogP contribution in [0.15, 0.2) is 29.2 Å². The molecule has 1 unspecified atom stereocenters. The smallest absolute Gasteiger partial charge is 0.240 e. The molecule has 18 heavy (non-hydrogen) atoms. The van der Waals surface area contributed by atoms with Gasteiger partial charge in [-0.15, -0.1) is 0 Å². The molecular formula is C12H20N2O3S. The van der Waals surface area contributed by atoms with Crippen molar-refractivity contribution in [2.24, 2.45) is 5.73 Å². The van der Waals surface area contributed by atoms with Crippen LogP contribution in [0.4, 0.5) is 0 Å². The summed E-state index contributed by atoms with van der Waals surface area (Å²) in [5, 5.41) is 0. The highest BCUT2D eigenvalue weighted by atomic mass is 32.2. The lowest BCUT2D eigenvalue weighted by Crippen LogP contribution is -2.32. The van der Waals surface area contributed by atoms with Gasteiger partial charge in [-0.2, -0.15) is 0 Å². The van der Waals surface area contributed by atoms with Crippen LogP contribution >= 0.6 is 0 Å². The van der Waals surface area contributed by atoms with Crippen molar-refractivity contribution in [2.75, 3.05) is 20.3 Å². The molecule has 0 bridgehead atoms. The van der Waals surface area contributed by atoms with Crippen molar-refractivity contribution in [3.63, 3.8) is 0 Å². The van der Waals surface area contributed by atoms with Crippen LogP contribution in [-0.4, -0.2) is 34.7 Å². The molecule has 0 heterocycles. The van der Waals surface area contributed by atoms with Crippen molar-refractivity contribution in [2.45, 2.75) is 24.3 Å². The summed E-state index contributed by atoms with van der Waals surface area (Å²) in [6.07, 6.45) is 0.541. The maximum absolute atomic E-state index is 11.9. The third-order valence-corrected chi connectivity index (χ3v) is 3.95. The lowest BCUT2D eigenvalue weighted by Gasteiger charge is -2.11. The molecule has 0 aliphatic carbocycles. The Bertz CT molecular complexity index is 474. The number of nitrogens with two attached hydrogens (primary N) is 1. The van der Waals surface area contributed by atoms with Gasteiger partial charge in [0, 0.05) is 19.7 Å². The summed E-state index contributed by atoms with van der Waals surface area (Å²) >= 11 is 0. The molecule has 1 rings (SSSR count). The van der Waals surface area contributed by atoms with Gasteiger partial charge in [-0.25, -0.2) is 13.1 Å². The summed E-state index contributed by atoms with van der Waals surface area (Å²) in [6.45, 7) is 2.58. The van der Waals surface area contributed by atoms with Crippen LogP contribution in [0.25, 0.3) is 0 Å². The van der Waals surface area contributed by atoms with Crippen molar-refractivity contribution in [3.05, 3.63) is 29.8 Å². The van der Waals surface area contributed by atoms with E-state index in [1.54, 1.807) is 25.3 Å². The summed E-state index contributed by atoms with van der Waals surface area (Å²) < 4.78 is 31.3. The molecule has 6 heteroatoms. The van der Waals surface area contributed by atoms with E-state index in [0.29, 0.717) is 19.6 Å². The standard InChI is InChI=1S/C12H20N2O3S/c1-10-4-3-5-12(8-10)18(15,16)14-7-6-11(13)9-17-2/h3-5,8,11,14H,6-7,9,13H2,1-2H3. The van der Waals surface area contributed by atoms with Gasteiger partial charge in [0.15, 0.2) is 0 Å². The number of methoxy groups -OCH3 is 1. The van der Waals surface area contributed by atoms with Crippen molar-refractivity contribution >= 4 is 10.0 Å². The van der Waals surface area contributed by atoms with Crippen molar-refractivity contribution in [1.29, 1.82) is 0 Å². The molecule has 0 amide bonds. The van der Waals surface area contributed by atoms with E-state index in [1.807, 2.05) is 13.0 Å². The highest BCUT2D eigenvalue weighted by Gasteiger charge is 2.13. The molecule has 102 valence electrons. The summed E-state index contributed by atoms with van der Waals surface area (Å²) in [4.78, 5) is 0.280. The molecular weight excluding hydrogens is 252 g/mol. The lowest BCUT2D eigenvalue weighted by atomic mass is 10.2. The van der Waals surface area contributed by atoms with E-state index in [0.717, 1.165) is 5.56 Å². The molecule has 0 spiro atoms. The van der Waals surface area contributed by atoms with Crippen LogP contribution in [0.3, 0.4) is 0 Å². The zero-order chi connectivity index (χ0) is 13.6. The Balaban J connectivity index is 2.55. The van der Waals surface area contributed by atoms with Gasteiger partial charge in [0.1, 0.15) is 0 Å². The quantitative estimate of drug-likeness (QED) is 0.763. The Morgan fingerprint density at radius 2 is 2.17 bits per heavy atom. The zero-order valence-corrected chi connectivity index (χ0v) is 11.5. The van der Waals surface area contributed by atoms with E-state index in [9.17, 15) is 8.42 Å². The molecule has 0 radical (unpaired) electrons. The summed E-state index contributed by atoms with van der Waals surface area (Å²) in [5.41, 5.74) is 6.63. The maximum Gasteiger partial charge on any atom is 0.240 e. The second-order valence-corrected chi connectivity index (χ2v) is 5.99. The summed E-state index contributed by atoms with van der Waals surface area (Å²) in [5.74, 6) is 0. The maximum atomic E-state index is 11.9. The highest BCUT2D eigenvalue weighted by molar-refractivity contribution is 7.89. The van der Waals surface area contributed by atoms with Crippen molar-refractivity contribution in [3.8, 4) is 0 Å². The fourth-order valence-electron chi connectivity index (χ4n) is 1.54. The molecule has 1 aromatic carbocycles. The van der Waals surface area contributed by atoms with E-state index < -0.39 is 10.0 Å². The fraction of sp³-hybridized carbons (Fsp3) is 0.500. The number of sulfonamides is 1. The molecule has 0 saturated carbocycles. The third-order valence-electron chi connectivity index (χ3n) is 2.49. The Labute approximate surface area is 108 Å². The number of benzene rings is 1. The predicted octanol–water partition coefficient (Wildman–Crippen LogP) is 0.637. The number of hydrogen-bond donors (Lipinski definition) is 2. The van der Waals surface area contributed by atoms with Crippen LogP contribution in [0.1, 0.15) is 12.0 Å². The molecule has 3 N–H and O–H groups in total. The van der Waals surface area contributed by atoms with Crippen molar-refractivity contribution < 1.29 is 13.2 Å². The molecule has 5 nitrogen and oxygen atoms in total. The first kappa shape index (κ1) is 15.1. The van der Waals surface area contributed by atoms with Crippen LogP contribution in [0.2, 0.25) is 0 Å². The number of nitrogens with one attached hydrogen (secondary N) is 1. The first-order chi connectivity index (χ1) is 8.45. The average molecular weight is 272 g/mol. The Morgan fingerprint density at radius 1 is 1.44 bits per heavy atom. The van der Waals surface area contributed by atoms with E-state index in [-0.39, 0.29) is 10.9 Å². The first-order valence-electron chi connectivity index (χ1n) is 5.76. The molecule has 0 fully saturated rings. The highest BCUT2D eigenvalue weighted by Crippen LogP contribution is 2.10. The van der Waals surface area contributed by atoms with Crippen LogP contribution < -0.4 is 10.5 Å². The number of aryl methyl sites for hydroxylation is 1. The van der Waals surface area contributed by atoms with Crippen LogP contribution in [-0.2, 0) is 14.8 Å². The lowest BCUT2D eigenvalue weighted by molar-refractivity contribution is 0.177. The molecule has 0 aromatic heterocycles. The molecule has 0 aliphatic rings. The zero-order valence-electron chi connectivity index (χ0n) is 10.7. The monoisotopic (exact) mass is 272 g/mol. The second kappa shape index (κ2) is 6.84. The number of hydrogen-bond acceptors (Lipinski definition) is 4. The molecule has 0 aliphatic heterocycles. The van der Waals surface area contributed by atoms with E-state index in [1.165, 1.54) is 0 Å². The van der Waals surface area contributed by atoms with Gasteiger partial charge >= 0.3 is 0 Å². The summed E-state index contributed by atoms with van der Waals surface area (Å²) in [7, 11) is -1.87. The molecule has 1 atom stereocenters. The number of ether oxygens (including phenoxy) is 1. The van der Waals surface area contributed by atoms with E-state index in [4.69, 9.17) is 10.5 Å². The molecule has 1 aromatic rings. The Kier molecular flexibility index (Phi) is 5.74. The minimum Gasteiger partial charge on any atom is -0.383 e. The van der Waals surface area contributed by atoms with E-state index >= 15 is 0 Å². The van der Waals surface area contributed by atoms with Gasteiger partial charge in [-0.1, -0.05) is 12.1 Å². The van der Waals surface area contributed by atoms with Crippen LogP contribution in [0.5, 0.6) is 0 Å². The SMILES string of the molecule is COCC(N)CCNS(=O)(=O)c1cccc(C)c1. The van der Waals surface area contributed by atoms with Gasteiger partial charge in [-0.05, 0) is 31.0 Å². The van der Waals surface area contributed by atoms with E-state index in [2.05, 4.69) is 4.72 Å². The Hall–Kier alpha value is -0.950. The number of rotatable bonds is 7.